The number of aryl methyl sites for hydroxylation is 1. The third-order valence-corrected chi connectivity index (χ3v) is 6.02. The molecular formula is C21H22N4OS. The number of carbonyl (C=O) groups is 1. The fourth-order valence-electron chi connectivity index (χ4n) is 3.40. The normalized spacial score (nSPS) is 16.5. The molecule has 138 valence electrons. The molecule has 5 nitrogen and oxygen atoms in total. The quantitative estimate of drug-likeness (QED) is 0.734. The first kappa shape index (κ1) is 17.7. The molecule has 0 radical (unpaired) electrons. The Morgan fingerprint density at radius 3 is 2.81 bits per heavy atom. The molecule has 0 bridgehead atoms. The van der Waals surface area contributed by atoms with Crippen LogP contribution in [0.3, 0.4) is 0 Å². The van der Waals surface area contributed by atoms with Gasteiger partial charge in [0.05, 0.1) is 11.4 Å². The zero-order valence-corrected chi connectivity index (χ0v) is 16.1. The molecule has 1 aliphatic heterocycles. The number of anilines is 1. The summed E-state index contributed by atoms with van der Waals surface area (Å²) in [5.41, 5.74) is 2.82. The van der Waals surface area contributed by atoms with Crippen molar-refractivity contribution in [1.82, 2.24) is 15.3 Å². The molecule has 0 aliphatic carbocycles. The first-order valence-electron chi connectivity index (χ1n) is 9.18. The van der Waals surface area contributed by atoms with Crippen LogP contribution in [0.1, 0.15) is 21.8 Å². The zero-order valence-electron chi connectivity index (χ0n) is 15.3. The van der Waals surface area contributed by atoms with E-state index in [1.54, 1.807) is 6.20 Å². The molecule has 1 aliphatic rings. The van der Waals surface area contributed by atoms with Crippen molar-refractivity contribution < 1.29 is 4.79 Å². The summed E-state index contributed by atoms with van der Waals surface area (Å²) >= 11 is 1.40. The van der Waals surface area contributed by atoms with E-state index < -0.39 is 0 Å². The SMILES string of the molecule is Cc1nc(-c2ccccn2)sc1C(=O)NC[C@H]1CCN(c2ccccc2)C1. The van der Waals surface area contributed by atoms with E-state index in [2.05, 4.69) is 44.5 Å². The van der Waals surface area contributed by atoms with Gasteiger partial charge >= 0.3 is 0 Å². The van der Waals surface area contributed by atoms with Crippen LogP contribution < -0.4 is 10.2 Å². The van der Waals surface area contributed by atoms with Crippen LogP contribution in [0.5, 0.6) is 0 Å². The minimum Gasteiger partial charge on any atom is -0.371 e. The molecule has 4 rings (SSSR count). The Kier molecular flexibility index (Phi) is 5.16. The number of carbonyl (C=O) groups excluding carboxylic acids is 1. The van der Waals surface area contributed by atoms with Gasteiger partial charge in [-0.05, 0) is 43.5 Å². The van der Waals surface area contributed by atoms with Gasteiger partial charge < -0.3 is 10.2 Å². The van der Waals surface area contributed by atoms with Crippen LogP contribution in [-0.2, 0) is 0 Å². The first-order valence-corrected chi connectivity index (χ1v) is 9.99. The van der Waals surface area contributed by atoms with Gasteiger partial charge in [0, 0.05) is 31.5 Å². The standard InChI is InChI=1S/C21H22N4OS/c1-15-19(27-21(24-15)18-9-5-6-11-22-18)20(26)23-13-16-10-12-25(14-16)17-7-3-2-4-8-17/h2-9,11,16H,10,12-14H2,1H3,(H,23,26)/t16-/m1/s1. The van der Waals surface area contributed by atoms with Crippen molar-refractivity contribution >= 4 is 22.9 Å². The molecule has 1 aromatic carbocycles. The van der Waals surface area contributed by atoms with Crippen molar-refractivity contribution in [2.45, 2.75) is 13.3 Å². The second kappa shape index (κ2) is 7.88. The highest BCUT2D eigenvalue weighted by Crippen LogP contribution is 2.27. The summed E-state index contributed by atoms with van der Waals surface area (Å²) in [6, 6.07) is 16.2. The summed E-state index contributed by atoms with van der Waals surface area (Å²) in [7, 11) is 0. The molecule has 1 N–H and O–H groups in total. The van der Waals surface area contributed by atoms with Gasteiger partial charge in [0.2, 0.25) is 0 Å². The van der Waals surface area contributed by atoms with Crippen molar-refractivity contribution in [2.24, 2.45) is 5.92 Å². The summed E-state index contributed by atoms with van der Waals surface area (Å²) in [5.74, 6) is 0.433. The number of pyridine rings is 1. The van der Waals surface area contributed by atoms with E-state index in [-0.39, 0.29) is 5.91 Å². The first-order chi connectivity index (χ1) is 13.2. The minimum absolute atomic E-state index is 0.0367. The van der Waals surface area contributed by atoms with Gasteiger partial charge in [-0.3, -0.25) is 9.78 Å². The van der Waals surface area contributed by atoms with Crippen LogP contribution in [0.2, 0.25) is 0 Å². The predicted octanol–water partition coefficient (Wildman–Crippen LogP) is 3.77. The van der Waals surface area contributed by atoms with E-state index in [4.69, 9.17) is 0 Å². The van der Waals surface area contributed by atoms with E-state index in [0.29, 0.717) is 17.3 Å². The van der Waals surface area contributed by atoms with Gasteiger partial charge in [-0.25, -0.2) is 4.98 Å². The molecule has 6 heteroatoms. The monoisotopic (exact) mass is 378 g/mol. The topological polar surface area (TPSA) is 58.1 Å². The lowest BCUT2D eigenvalue weighted by atomic mass is 10.1. The van der Waals surface area contributed by atoms with Crippen LogP contribution in [0, 0.1) is 12.8 Å². The molecule has 1 fully saturated rings. The average molecular weight is 379 g/mol. The molecule has 2 aromatic heterocycles. The molecule has 1 saturated heterocycles. The third kappa shape index (κ3) is 4.01. The number of amides is 1. The molecule has 3 aromatic rings. The van der Waals surface area contributed by atoms with Crippen LogP contribution in [0.25, 0.3) is 10.7 Å². The van der Waals surface area contributed by atoms with Crippen LogP contribution in [0.15, 0.2) is 54.7 Å². The molecule has 3 heterocycles. The molecular weight excluding hydrogens is 356 g/mol. The molecule has 27 heavy (non-hydrogen) atoms. The van der Waals surface area contributed by atoms with Crippen LogP contribution >= 0.6 is 11.3 Å². The smallest absolute Gasteiger partial charge is 0.263 e. The molecule has 1 amide bonds. The summed E-state index contributed by atoms with van der Waals surface area (Å²) in [6.45, 7) is 4.59. The fourth-order valence-corrected chi connectivity index (χ4v) is 4.36. The maximum atomic E-state index is 12.6. The van der Waals surface area contributed by atoms with Crippen molar-refractivity contribution in [1.29, 1.82) is 0 Å². The molecule has 0 saturated carbocycles. The predicted molar refractivity (Wildman–Crippen MR) is 109 cm³/mol. The Bertz CT molecular complexity index is 910. The van der Waals surface area contributed by atoms with E-state index in [9.17, 15) is 4.79 Å². The van der Waals surface area contributed by atoms with Gasteiger partial charge in [-0.15, -0.1) is 11.3 Å². The lowest BCUT2D eigenvalue weighted by Crippen LogP contribution is -2.30. The lowest BCUT2D eigenvalue weighted by molar-refractivity contribution is 0.0951. The second-order valence-corrected chi connectivity index (χ2v) is 7.79. The van der Waals surface area contributed by atoms with Gasteiger partial charge in [-0.2, -0.15) is 0 Å². The maximum Gasteiger partial charge on any atom is 0.263 e. The number of aromatic nitrogens is 2. The van der Waals surface area contributed by atoms with E-state index in [0.717, 1.165) is 35.9 Å². The number of rotatable bonds is 5. The third-order valence-electron chi connectivity index (χ3n) is 4.85. The van der Waals surface area contributed by atoms with E-state index >= 15 is 0 Å². The Balaban J connectivity index is 1.36. The summed E-state index contributed by atoms with van der Waals surface area (Å²) in [6.07, 6.45) is 2.83. The number of hydrogen-bond acceptors (Lipinski definition) is 5. The molecule has 1 atom stereocenters. The molecule has 0 spiro atoms. The highest BCUT2D eigenvalue weighted by atomic mass is 32.1. The molecule has 0 unspecified atom stereocenters. The Hall–Kier alpha value is -2.73. The zero-order chi connectivity index (χ0) is 18.6. The summed E-state index contributed by atoms with van der Waals surface area (Å²) in [5, 5.41) is 3.89. The van der Waals surface area contributed by atoms with E-state index in [1.165, 1.54) is 17.0 Å². The maximum absolute atomic E-state index is 12.6. The lowest BCUT2D eigenvalue weighted by Gasteiger charge is -2.18. The highest BCUT2D eigenvalue weighted by molar-refractivity contribution is 7.17. The number of hydrogen-bond donors (Lipinski definition) is 1. The average Bonchev–Trinajstić information content (AvgIpc) is 3.34. The fraction of sp³-hybridized carbons (Fsp3) is 0.286. The van der Waals surface area contributed by atoms with Crippen molar-refractivity contribution in [2.75, 3.05) is 24.5 Å². The summed E-state index contributed by atoms with van der Waals surface area (Å²) in [4.78, 5) is 24.5. The van der Waals surface area contributed by atoms with Gasteiger partial charge in [0.15, 0.2) is 0 Å². The van der Waals surface area contributed by atoms with Crippen molar-refractivity contribution in [3.63, 3.8) is 0 Å². The minimum atomic E-state index is -0.0367. The van der Waals surface area contributed by atoms with Gasteiger partial charge in [0.1, 0.15) is 9.88 Å². The number of benzene rings is 1. The van der Waals surface area contributed by atoms with Gasteiger partial charge in [-0.1, -0.05) is 24.3 Å². The number of nitrogens with zero attached hydrogens (tertiary/aromatic N) is 3. The Labute approximate surface area is 163 Å². The number of thiazole rings is 1. The van der Waals surface area contributed by atoms with Crippen LogP contribution in [0.4, 0.5) is 5.69 Å². The summed E-state index contributed by atoms with van der Waals surface area (Å²) < 4.78 is 0. The Morgan fingerprint density at radius 2 is 2.04 bits per heavy atom. The number of para-hydroxylation sites is 1. The highest BCUT2D eigenvalue weighted by Gasteiger charge is 2.24. The Morgan fingerprint density at radius 1 is 1.22 bits per heavy atom. The van der Waals surface area contributed by atoms with Crippen molar-refractivity contribution in [3.8, 4) is 10.7 Å². The second-order valence-electron chi connectivity index (χ2n) is 6.79. The number of nitrogens with one attached hydrogen (secondary N) is 1. The van der Waals surface area contributed by atoms with E-state index in [1.807, 2.05) is 31.2 Å². The van der Waals surface area contributed by atoms with Crippen LogP contribution in [-0.4, -0.2) is 35.5 Å². The van der Waals surface area contributed by atoms with Gasteiger partial charge in [0.25, 0.3) is 5.91 Å². The van der Waals surface area contributed by atoms with Crippen molar-refractivity contribution in [3.05, 3.63) is 65.3 Å². The largest absolute Gasteiger partial charge is 0.371 e.